The number of rotatable bonds is 7. The quantitative estimate of drug-likeness (QED) is 0.395. The Labute approximate surface area is 171 Å². The van der Waals surface area contributed by atoms with Crippen LogP contribution in [-0.4, -0.2) is 0 Å². The second kappa shape index (κ2) is 8.35. The zero-order valence-electron chi connectivity index (χ0n) is 18.1. The number of hydrogen-bond acceptors (Lipinski definition) is 0. The normalized spacial score (nSPS) is 15.0. The van der Waals surface area contributed by atoms with E-state index in [1.54, 1.807) is 0 Å². The zero-order chi connectivity index (χ0) is 20.2. The molecule has 0 aliphatic rings. The van der Waals surface area contributed by atoms with Gasteiger partial charge in [-0.2, -0.15) is 0 Å². The van der Waals surface area contributed by atoms with Gasteiger partial charge in [0.05, 0.1) is 0 Å². The number of hydrogen-bond donors (Lipinski definition) is 0. The van der Waals surface area contributed by atoms with Crippen LogP contribution in [0.1, 0.15) is 75.6 Å². The molecule has 3 aromatic rings. The van der Waals surface area contributed by atoms with Gasteiger partial charge in [-0.1, -0.05) is 126 Å². The van der Waals surface area contributed by atoms with Gasteiger partial charge < -0.3 is 0 Å². The largest absolute Gasteiger partial charge is 0.0649 e. The van der Waals surface area contributed by atoms with Crippen molar-refractivity contribution in [2.75, 3.05) is 0 Å². The van der Waals surface area contributed by atoms with E-state index >= 15 is 0 Å². The first kappa shape index (κ1) is 20.4. The summed E-state index contributed by atoms with van der Waals surface area (Å²) in [5.74, 6) is 0.408. The minimum absolute atomic E-state index is 0.00921. The second-order valence-electron chi connectivity index (χ2n) is 9.15. The maximum atomic E-state index is 2.41. The van der Waals surface area contributed by atoms with Crippen LogP contribution < -0.4 is 0 Å². The summed E-state index contributed by atoms with van der Waals surface area (Å²) in [5, 5.41) is 0. The Balaban J connectivity index is 1.97. The first-order valence-electron chi connectivity index (χ1n) is 10.6. The van der Waals surface area contributed by atoms with Crippen LogP contribution in [0, 0.1) is 5.41 Å². The van der Waals surface area contributed by atoms with Gasteiger partial charge in [0.1, 0.15) is 0 Å². The van der Waals surface area contributed by atoms with Crippen molar-refractivity contribution in [3.05, 3.63) is 107 Å². The predicted octanol–water partition coefficient (Wildman–Crippen LogP) is 7.97. The lowest BCUT2D eigenvalue weighted by Crippen LogP contribution is -2.30. The van der Waals surface area contributed by atoms with Crippen molar-refractivity contribution >= 4 is 0 Å². The molecule has 0 aromatic heterocycles. The van der Waals surface area contributed by atoms with Gasteiger partial charge in [0.15, 0.2) is 0 Å². The third-order valence-electron chi connectivity index (χ3n) is 6.55. The minimum atomic E-state index is 0.00921. The molecule has 0 fully saturated rings. The van der Waals surface area contributed by atoms with Crippen molar-refractivity contribution < 1.29 is 0 Å². The Morgan fingerprint density at radius 2 is 1.11 bits per heavy atom. The monoisotopic (exact) mass is 370 g/mol. The van der Waals surface area contributed by atoms with Gasteiger partial charge in [-0.25, -0.2) is 0 Å². The van der Waals surface area contributed by atoms with Crippen LogP contribution in [0.4, 0.5) is 0 Å². The molecule has 0 heteroatoms. The van der Waals surface area contributed by atoms with E-state index in [4.69, 9.17) is 0 Å². The van der Waals surface area contributed by atoms with E-state index in [1.165, 1.54) is 28.7 Å². The standard InChI is InChI=1S/C28H34/c1-6-27(3,4)21-28(5,25-15-11-8-12-16-25)26-19-17-24(18-20-26)22(2)23-13-9-7-10-14-23/h7-20,22H,6,21H2,1-5H3. The van der Waals surface area contributed by atoms with Crippen molar-refractivity contribution in [2.45, 2.75) is 58.8 Å². The van der Waals surface area contributed by atoms with Crippen molar-refractivity contribution in [3.8, 4) is 0 Å². The van der Waals surface area contributed by atoms with Gasteiger partial charge in [-0.05, 0) is 34.1 Å². The highest BCUT2D eigenvalue weighted by molar-refractivity contribution is 5.42. The molecule has 0 nitrogen and oxygen atoms in total. The highest BCUT2D eigenvalue weighted by atomic mass is 14.4. The highest BCUT2D eigenvalue weighted by Crippen LogP contribution is 2.43. The molecule has 0 bridgehead atoms. The lowest BCUT2D eigenvalue weighted by atomic mass is 9.65. The summed E-state index contributed by atoms with van der Waals surface area (Å²) in [7, 11) is 0. The van der Waals surface area contributed by atoms with Crippen LogP contribution in [0.3, 0.4) is 0 Å². The van der Waals surface area contributed by atoms with Crippen LogP contribution in [0.15, 0.2) is 84.9 Å². The third-order valence-corrected chi connectivity index (χ3v) is 6.55. The Kier molecular flexibility index (Phi) is 6.08. The van der Waals surface area contributed by atoms with E-state index in [1.807, 2.05) is 0 Å². The fourth-order valence-corrected chi connectivity index (χ4v) is 4.33. The van der Waals surface area contributed by atoms with Crippen molar-refractivity contribution in [1.29, 1.82) is 0 Å². The molecule has 28 heavy (non-hydrogen) atoms. The lowest BCUT2D eigenvalue weighted by molar-refractivity contribution is 0.260. The molecule has 0 saturated heterocycles. The molecule has 0 saturated carbocycles. The zero-order valence-corrected chi connectivity index (χ0v) is 18.1. The molecule has 146 valence electrons. The number of benzene rings is 3. The van der Waals surface area contributed by atoms with Gasteiger partial charge in [-0.15, -0.1) is 0 Å². The van der Waals surface area contributed by atoms with E-state index in [2.05, 4.69) is 120 Å². The molecular weight excluding hydrogens is 336 g/mol. The Morgan fingerprint density at radius 1 is 0.643 bits per heavy atom. The van der Waals surface area contributed by atoms with Crippen molar-refractivity contribution in [2.24, 2.45) is 5.41 Å². The maximum absolute atomic E-state index is 2.41. The molecular formula is C28H34. The molecule has 0 spiro atoms. The first-order chi connectivity index (χ1) is 13.4. The molecule has 0 radical (unpaired) electrons. The van der Waals surface area contributed by atoms with Crippen LogP contribution in [0.2, 0.25) is 0 Å². The van der Waals surface area contributed by atoms with E-state index in [0.29, 0.717) is 11.3 Å². The Hall–Kier alpha value is -2.34. The SMILES string of the molecule is CCC(C)(C)CC(C)(c1ccccc1)c1ccc(C(C)c2ccccc2)cc1. The first-order valence-corrected chi connectivity index (χ1v) is 10.6. The van der Waals surface area contributed by atoms with E-state index in [0.717, 1.165) is 6.42 Å². The van der Waals surface area contributed by atoms with Crippen LogP contribution in [0.5, 0.6) is 0 Å². The Bertz CT molecular complexity index is 859. The van der Waals surface area contributed by atoms with Gasteiger partial charge in [0.25, 0.3) is 0 Å². The maximum Gasteiger partial charge on any atom is 0.0179 e. The average molecular weight is 371 g/mol. The molecule has 0 aliphatic heterocycles. The molecule has 2 unspecified atom stereocenters. The van der Waals surface area contributed by atoms with Gasteiger partial charge in [-0.3, -0.25) is 0 Å². The summed E-state index contributed by atoms with van der Waals surface area (Å²) in [5.41, 5.74) is 5.86. The lowest BCUT2D eigenvalue weighted by Gasteiger charge is -2.38. The fourth-order valence-electron chi connectivity index (χ4n) is 4.33. The highest BCUT2D eigenvalue weighted by Gasteiger charge is 2.34. The summed E-state index contributed by atoms with van der Waals surface area (Å²) >= 11 is 0. The van der Waals surface area contributed by atoms with Crippen molar-refractivity contribution in [1.82, 2.24) is 0 Å². The van der Waals surface area contributed by atoms with Gasteiger partial charge >= 0.3 is 0 Å². The average Bonchev–Trinajstić information content (AvgIpc) is 2.74. The summed E-state index contributed by atoms with van der Waals surface area (Å²) < 4.78 is 0. The predicted molar refractivity (Wildman–Crippen MR) is 122 cm³/mol. The molecule has 0 aliphatic carbocycles. The van der Waals surface area contributed by atoms with E-state index in [9.17, 15) is 0 Å². The summed E-state index contributed by atoms with van der Waals surface area (Å²) in [4.78, 5) is 0. The molecule has 2 atom stereocenters. The fraction of sp³-hybridized carbons (Fsp3) is 0.357. The summed E-state index contributed by atoms with van der Waals surface area (Å²) in [6.07, 6.45) is 2.31. The topological polar surface area (TPSA) is 0 Å². The van der Waals surface area contributed by atoms with Crippen LogP contribution in [-0.2, 0) is 5.41 Å². The van der Waals surface area contributed by atoms with Crippen molar-refractivity contribution in [3.63, 3.8) is 0 Å². The molecule has 0 N–H and O–H groups in total. The smallest absolute Gasteiger partial charge is 0.0179 e. The summed E-state index contributed by atoms with van der Waals surface area (Å²) in [6.45, 7) is 11.8. The van der Waals surface area contributed by atoms with Gasteiger partial charge in [0, 0.05) is 11.3 Å². The molecule has 0 heterocycles. The minimum Gasteiger partial charge on any atom is -0.0649 e. The molecule has 3 rings (SSSR count). The molecule has 3 aromatic carbocycles. The van der Waals surface area contributed by atoms with Gasteiger partial charge in [0.2, 0.25) is 0 Å². The van der Waals surface area contributed by atoms with E-state index in [-0.39, 0.29) is 5.41 Å². The molecule has 0 amide bonds. The third kappa shape index (κ3) is 4.38. The summed E-state index contributed by atoms with van der Waals surface area (Å²) in [6, 6.07) is 31.1. The Morgan fingerprint density at radius 3 is 1.64 bits per heavy atom. The second-order valence-corrected chi connectivity index (χ2v) is 9.15. The van der Waals surface area contributed by atoms with Crippen LogP contribution >= 0.6 is 0 Å². The van der Waals surface area contributed by atoms with E-state index < -0.39 is 0 Å². The van der Waals surface area contributed by atoms with Crippen LogP contribution in [0.25, 0.3) is 0 Å².